The summed E-state index contributed by atoms with van der Waals surface area (Å²) < 4.78 is 5.69. The Labute approximate surface area is 140 Å². The Morgan fingerprint density at radius 2 is 2.17 bits per heavy atom. The van der Waals surface area contributed by atoms with E-state index in [1.54, 1.807) is 12.3 Å². The number of hydrogen-bond donors (Lipinski definition) is 3. The molecule has 0 amide bonds. The lowest BCUT2D eigenvalue weighted by Gasteiger charge is -2.14. The maximum Gasteiger partial charge on any atom is 0.492 e. The predicted molar refractivity (Wildman–Crippen MR) is 94.9 cm³/mol. The molecule has 0 aliphatic carbocycles. The summed E-state index contributed by atoms with van der Waals surface area (Å²) in [6.45, 7) is 6.27. The van der Waals surface area contributed by atoms with E-state index >= 15 is 0 Å². The Hall–Kier alpha value is -1.90. The molecule has 2 rings (SSSR count). The number of hydrazone groups is 1. The van der Waals surface area contributed by atoms with Gasteiger partial charge in [0.15, 0.2) is 0 Å². The standard InChI is InChI=1S/C15H20BN3O3S/c1-4-5-22-14-12(6-10(2)7-13(14)16(20)21)8-17-19-15-18-11(3)9-23-15/h6-9,20-21H,4-5H2,1-3H3,(H,18,19). The maximum absolute atomic E-state index is 9.57. The van der Waals surface area contributed by atoms with Gasteiger partial charge < -0.3 is 14.8 Å². The highest BCUT2D eigenvalue weighted by Crippen LogP contribution is 2.18. The maximum atomic E-state index is 9.57. The fourth-order valence-electron chi connectivity index (χ4n) is 2.05. The van der Waals surface area contributed by atoms with E-state index in [1.807, 2.05) is 32.2 Å². The fourth-order valence-corrected chi connectivity index (χ4v) is 2.69. The second-order valence-corrected chi connectivity index (χ2v) is 6.02. The number of anilines is 1. The molecule has 0 radical (unpaired) electrons. The monoisotopic (exact) mass is 333 g/mol. The van der Waals surface area contributed by atoms with Gasteiger partial charge in [-0.3, -0.25) is 5.43 Å². The Morgan fingerprint density at radius 3 is 2.78 bits per heavy atom. The van der Waals surface area contributed by atoms with Crippen LogP contribution in [-0.4, -0.2) is 35.0 Å². The lowest BCUT2D eigenvalue weighted by molar-refractivity contribution is 0.317. The third kappa shape index (κ3) is 4.79. The molecule has 1 aromatic carbocycles. The topological polar surface area (TPSA) is 87.0 Å². The van der Waals surface area contributed by atoms with Crippen LogP contribution in [-0.2, 0) is 0 Å². The number of ether oxygens (including phenoxy) is 1. The first-order chi connectivity index (χ1) is 11.0. The van der Waals surface area contributed by atoms with Crippen molar-refractivity contribution >= 4 is 35.3 Å². The van der Waals surface area contributed by atoms with Crippen molar-refractivity contribution in [2.45, 2.75) is 27.2 Å². The Bertz CT molecular complexity index is 689. The molecule has 0 unspecified atom stereocenters. The smallest absolute Gasteiger partial charge is 0.492 e. The summed E-state index contributed by atoms with van der Waals surface area (Å²) in [4.78, 5) is 4.26. The molecular weight excluding hydrogens is 313 g/mol. The first-order valence-corrected chi connectivity index (χ1v) is 8.24. The molecule has 0 fully saturated rings. The molecule has 0 aliphatic heterocycles. The van der Waals surface area contributed by atoms with E-state index in [4.69, 9.17) is 4.74 Å². The van der Waals surface area contributed by atoms with Crippen LogP contribution in [0, 0.1) is 13.8 Å². The number of nitrogens with zero attached hydrogens (tertiary/aromatic N) is 2. The van der Waals surface area contributed by atoms with E-state index in [0.29, 0.717) is 28.5 Å². The van der Waals surface area contributed by atoms with Crippen molar-refractivity contribution in [3.8, 4) is 5.75 Å². The molecular formula is C15H20BN3O3S. The lowest BCUT2D eigenvalue weighted by atomic mass is 9.77. The van der Waals surface area contributed by atoms with Crippen molar-refractivity contribution in [3.05, 3.63) is 34.3 Å². The van der Waals surface area contributed by atoms with E-state index in [2.05, 4.69) is 15.5 Å². The first-order valence-electron chi connectivity index (χ1n) is 7.36. The highest BCUT2D eigenvalue weighted by molar-refractivity contribution is 7.13. The largest absolute Gasteiger partial charge is 0.493 e. The number of benzene rings is 1. The molecule has 0 saturated heterocycles. The third-order valence-corrected chi connectivity index (χ3v) is 3.87. The predicted octanol–water partition coefficient (Wildman–Crippen LogP) is 1.67. The zero-order valence-corrected chi connectivity index (χ0v) is 14.2. The molecule has 3 N–H and O–H groups in total. The van der Waals surface area contributed by atoms with Crippen LogP contribution in [0.1, 0.15) is 30.2 Å². The molecule has 1 heterocycles. The number of rotatable bonds is 7. The zero-order chi connectivity index (χ0) is 16.8. The SMILES string of the molecule is CCCOc1c(C=NNc2nc(C)cs2)cc(C)cc1B(O)O. The van der Waals surface area contributed by atoms with E-state index in [0.717, 1.165) is 17.7 Å². The Balaban J connectivity index is 2.27. The second-order valence-electron chi connectivity index (χ2n) is 5.16. The number of thiazole rings is 1. The van der Waals surface area contributed by atoms with Gasteiger partial charge in [0.2, 0.25) is 5.13 Å². The quantitative estimate of drug-likeness (QED) is 0.408. The fraction of sp³-hybridized carbons (Fsp3) is 0.333. The van der Waals surface area contributed by atoms with Crippen LogP contribution in [0.2, 0.25) is 0 Å². The van der Waals surface area contributed by atoms with E-state index in [-0.39, 0.29) is 0 Å². The van der Waals surface area contributed by atoms with Gasteiger partial charge in [-0.1, -0.05) is 18.6 Å². The Morgan fingerprint density at radius 1 is 1.39 bits per heavy atom. The minimum Gasteiger partial charge on any atom is -0.493 e. The van der Waals surface area contributed by atoms with Crippen LogP contribution in [0.4, 0.5) is 5.13 Å². The van der Waals surface area contributed by atoms with Crippen LogP contribution in [0.3, 0.4) is 0 Å². The van der Waals surface area contributed by atoms with Gasteiger partial charge in [-0.15, -0.1) is 11.3 Å². The molecule has 0 saturated carbocycles. The Kier molecular flexibility index (Phi) is 6.15. The molecule has 6 nitrogen and oxygen atoms in total. The zero-order valence-electron chi connectivity index (χ0n) is 13.4. The normalized spacial score (nSPS) is 11.0. The van der Waals surface area contributed by atoms with Gasteiger partial charge in [0, 0.05) is 16.4 Å². The minimum atomic E-state index is -1.59. The van der Waals surface area contributed by atoms with Gasteiger partial charge in [-0.05, 0) is 26.3 Å². The average molecular weight is 333 g/mol. The molecule has 2 aromatic rings. The minimum absolute atomic E-state index is 0.338. The molecule has 1 aromatic heterocycles. The van der Waals surface area contributed by atoms with Crippen LogP contribution in [0.25, 0.3) is 0 Å². The van der Waals surface area contributed by atoms with Crippen molar-refractivity contribution in [1.82, 2.24) is 4.98 Å². The first kappa shape index (κ1) is 17.5. The van der Waals surface area contributed by atoms with Crippen LogP contribution in [0.5, 0.6) is 5.75 Å². The molecule has 8 heteroatoms. The lowest BCUT2D eigenvalue weighted by Crippen LogP contribution is -2.32. The van der Waals surface area contributed by atoms with Gasteiger partial charge in [0.25, 0.3) is 0 Å². The van der Waals surface area contributed by atoms with E-state index in [9.17, 15) is 10.0 Å². The van der Waals surface area contributed by atoms with Gasteiger partial charge in [-0.25, -0.2) is 4.98 Å². The summed E-state index contributed by atoms with van der Waals surface area (Å²) in [6.07, 6.45) is 2.42. The van der Waals surface area contributed by atoms with Crippen molar-refractivity contribution in [1.29, 1.82) is 0 Å². The highest BCUT2D eigenvalue weighted by atomic mass is 32.1. The summed E-state index contributed by atoms with van der Waals surface area (Å²) in [7, 11) is -1.59. The molecule has 0 atom stereocenters. The van der Waals surface area contributed by atoms with Crippen molar-refractivity contribution < 1.29 is 14.8 Å². The highest BCUT2D eigenvalue weighted by Gasteiger charge is 2.20. The van der Waals surface area contributed by atoms with Gasteiger partial charge in [0.05, 0.1) is 18.5 Å². The van der Waals surface area contributed by atoms with E-state index < -0.39 is 7.12 Å². The second kappa shape index (κ2) is 8.10. The molecule has 122 valence electrons. The number of nitrogens with one attached hydrogen (secondary N) is 1. The summed E-state index contributed by atoms with van der Waals surface area (Å²) >= 11 is 1.47. The van der Waals surface area contributed by atoms with Crippen LogP contribution in [0.15, 0.2) is 22.6 Å². The molecule has 0 bridgehead atoms. The molecule has 0 aliphatic rings. The number of hydrogen-bond acceptors (Lipinski definition) is 7. The third-order valence-electron chi connectivity index (χ3n) is 3.00. The summed E-state index contributed by atoms with van der Waals surface area (Å²) in [5.41, 5.74) is 5.71. The van der Waals surface area contributed by atoms with Crippen molar-refractivity contribution in [3.63, 3.8) is 0 Å². The van der Waals surface area contributed by atoms with E-state index in [1.165, 1.54) is 11.3 Å². The number of aryl methyl sites for hydroxylation is 2. The summed E-state index contributed by atoms with van der Waals surface area (Å²) in [6, 6.07) is 3.58. The van der Waals surface area contributed by atoms with Crippen LogP contribution < -0.4 is 15.6 Å². The van der Waals surface area contributed by atoms with Gasteiger partial charge in [0.1, 0.15) is 5.75 Å². The van der Waals surface area contributed by atoms with Crippen LogP contribution >= 0.6 is 11.3 Å². The summed E-state index contributed by atoms with van der Waals surface area (Å²) in [5.74, 6) is 0.438. The number of aromatic nitrogens is 1. The average Bonchev–Trinajstić information content (AvgIpc) is 2.91. The molecule has 0 spiro atoms. The summed E-state index contributed by atoms with van der Waals surface area (Å²) in [5, 5.41) is 25.9. The van der Waals surface area contributed by atoms with Gasteiger partial charge >= 0.3 is 7.12 Å². The van der Waals surface area contributed by atoms with Crippen molar-refractivity contribution in [2.75, 3.05) is 12.0 Å². The van der Waals surface area contributed by atoms with Crippen molar-refractivity contribution in [2.24, 2.45) is 5.10 Å². The molecule has 23 heavy (non-hydrogen) atoms. The van der Waals surface area contributed by atoms with Gasteiger partial charge in [-0.2, -0.15) is 5.10 Å².